The van der Waals surface area contributed by atoms with Crippen LogP contribution in [0.15, 0.2) is 66.3 Å². The SMILES string of the molecule is C/C=C\c1cc(OC2C=C(F)C=C(F)C2)cc(NS(=O)(=O)Cc2ccc(C)cc2)c1N. The molecule has 1 aliphatic rings. The van der Waals surface area contributed by atoms with Crippen molar-refractivity contribution in [3.63, 3.8) is 0 Å². The Morgan fingerprint density at radius 2 is 1.94 bits per heavy atom. The van der Waals surface area contributed by atoms with Crippen molar-refractivity contribution in [2.75, 3.05) is 10.5 Å². The summed E-state index contributed by atoms with van der Waals surface area (Å²) in [6.45, 7) is 3.70. The van der Waals surface area contributed by atoms with Gasteiger partial charge in [0.05, 0.1) is 17.1 Å². The van der Waals surface area contributed by atoms with Gasteiger partial charge in [-0.2, -0.15) is 0 Å². The Kier molecular flexibility index (Phi) is 6.80. The van der Waals surface area contributed by atoms with E-state index in [2.05, 4.69) is 4.72 Å². The van der Waals surface area contributed by atoms with Gasteiger partial charge in [-0.05, 0) is 31.6 Å². The summed E-state index contributed by atoms with van der Waals surface area (Å²) in [5.41, 5.74) is 8.68. The number of nitrogen functional groups attached to an aromatic ring is 1. The largest absolute Gasteiger partial charge is 0.486 e. The second kappa shape index (κ2) is 9.34. The first-order valence-corrected chi connectivity index (χ1v) is 11.3. The zero-order valence-corrected chi connectivity index (χ0v) is 18.0. The normalized spacial score (nSPS) is 16.7. The average Bonchev–Trinajstić information content (AvgIpc) is 2.66. The van der Waals surface area contributed by atoms with Crippen LogP contribution in [0.3, 0.4) is 0 Å². The standard InChI is InChI=1S/C23H24F2N2O3S/c1-3-4-17-9-20(30-21-11-18(24)10-19(25)12-21)13-22(23(17)26)27-31(28,29)14-16-7-5-15(2)6-8-16/h3-11,13,21,27H,12,14,26H2,1-2H3/b4-3-. The van der Waals surface area contributed by atoms with Crippen molar-refractivity contribution in [3.05, 3.63) is 83.0 Å². The molecule has 2 aromatic rings. The van der Waals surface area contributed by atoms with Crippen LogP contribution in [-0.2, 0) is 15.8 Å². The van der Waals surface area contributed by atoms with Crippen molar-refractivity contribution >= 4 is 27.5 Å². The molecule has 31 heavy (non-hydrogen) atoms. The maximum atomic E-state index is 13.6. The number of benzene rings is 2. The van der Waals surface area contributed by atoms with Crippen LogP contribution in [0, 0.1) is 6.92 Å². The number of halogens is 2. The Morgan fingerprint density at radius 3 is 2.58 bits per heavy atom. The number of sulfonamides is 1. The first-order valence-electron chi connectivity index (χ1n) is 9.67. The van der Waals surface area contributed by atoms with E-state index in [4.69, 9.17) is 10.5 Å². The molecule has 2 aromatic carbocycles. The van der Waals surface area contributed by atoms with Crippen molar-refractivity contribution < 1.29 is 21.9 Å². The number of nitrogens with one attached hydrogen (secondary N) is 1. The molecule has 0 aromatic heterocycles. The van der Waals surface area contributed by atoms with Crippen LogP contribution in [0.5, 0.6) is 5.75 Å². The third-order valence-corrected chi connectivity index (χ3v) is 5.84. The summed E-state index contributed by atoms with van der Waals surface area (Å²) >= 11 is 0. The lowest BCUT2D eigenvalue weighted by atomic mass is 10.1. The molecule has 0 bridgehead atoms. The summed E-state index contributed by atoms with van der Waals surface area (Å²) in [6.07, 6.45) is 4.42. The van der Waals surface area contributed by atoms with Crippen molar-refractivity contribution in [2.45, 2.75) is 32.1 Å². The van der Waals surface area contributed by atoms with Gasteiger partial charge in [0.1, 0.15) is 23.5 Å². The summed E-state index contributed by atoms with van der Waals surface area (Å²) in [6, 6.07) is 10.2. The predicted molar refractivity (Wildman–Crippen MR) is 120 cm³/mol. The minimum atomic E-state index is -3.77. The van der Waals surface area contributed by atoms with E-state index in [1.807, 2.05) is 19.1 Å². The molecule has 0 heterocycles. The average molecular weight is 447 g/mol. The van der Waals surface area contributed by atoms with E-state index in [0.29, 0.717) is 11.1 Å². The minimum absolute atomic E-state index is 0.120. The monoisotopic (exact) mass is 446 g/mol. The number of rotatable bonds is 7. The van der Waals surface area contributed by atoms with Gasteiger partial charge < -0.3 is 10.5 Å². The van der Waals surface area contributed by atoms with E-state index in [-0.39, 0.29) is 29.3 Å². The number of nitrogens with two attached hydrogens (primary N) is 1. The summed E-state index contributed by atoms with van der Waals surface area (Å²) < 4.78 is 60.7. The molecule has 1 unspecified atom stereocenters. The van der Waals surface area contributed by atoms with E-state index >= 15 is 0 Å². The molecule has 3 N–H and O–H groups in total. The van der Waals surface area contributed by atoms with Gasteiger partial charge in [0.25, 0.3) is 0 Å². The molecule has 0 aliphatic heterocycles. The van der Waals surface area contributed by atoms with Crippen LogP contribution < -0.4 is 15.2 Å². The zero-order chi connectivity index (χ0) is 22.6. The van der Waals surface area contributed by atoms with E-state index in [0.717, 1.165) is 17.7 Å². The predicted octanol–water partition coefficient (Wildman–Crippen LogP) is 5.41. The highest BCUT2D eigenvalue weighted by Gasteiger charge is 2.20. The summed E-state index contributed by atoms with van der Waals surface area (Å²) in [5, 5.41) is 0. The van der Waals surface area contributed by atoms with Crippen LogP contribution >= 0.6 is 0 Å². The Morgan fingerprint density at radius 1 is 1.23 bits per heavy atom. The van der Waals surface area contributed by atoms with E-state index in [1.165, 1.54) is 6.07 Å². The van der Waals surface area contributed by atoms with E-state index in [1.54, 1.807) is 37.3 Å². The first-order chi connectivity index (χ1) is 14.6. The lowest BCUT2D eigenvalue weighted by Crippen LogP contribution is -2.18. The molecule has 1 aliphatic carbocycles. The number of allylic oxidation sites excluding steroid dienone is 3. The van der Waals surface area contributed by atoms with Gasteiger partial charge in [-0.1, -0.05) is 42.0 Å². The third-order valence-electron chi connectivity index (χ3n) is 4.60. The fourth-order valence-corrected chi connectivity index (χ4v) is 4.37. The Balaban J connectivity index is 1.88. The topological polar surface area (TPSA) is 81.4 Å². The van der Waals surface area contributed by atoms with E-state index in [9.17, 15) is 17.2 Å². The molecule has 0 amide bonds. The van der Waals surface area contributed by atoms with Gasteiger partial charge in [-0.15, -0.1) is 0 Å². The molecule has 0 saturated carbocycles. The minimum Gasteiger partial charge on any atom is -0.486 e. The highest BCUT2D eigenvalue weighted by molar-refractivity contribution is 7.91. The van der Waals surface area contributed by atoms with Crippen LogP contribution in [0.25, 0.3) is 6.08 Å². The molecule has 1 atom stereocenters. The number of hydrogen-bond acceptors (Lipinski definition) is 4. The lowest BCUT2D eigenvalue weighted by Gasteiger charge is -2.20. The van der Waals surface area contributed by atoms with Crippen molar-refractivity contribution in [2.24, 2.45) is 0 Å². The summed E-state index contributed by atoms with van der Waals surface area (Å²) in [4.78, 5) is 0. The fourth-order valence-electron chi connectivity index (χ4n) is 3.16. The highest BCUT2D eigenvalue weighted by atomic mass is 32.2. The number of hydrogen-bond donors (Lipinski definition) is 2. The number of anilines is 2. The van der Waals surface area contributed by atoms with Gasteiger partial charge in [-0.25, -0.2) is 17.2 Å². The highest BCUT2D eigenvalue weighted by Crippen LogP contribution is 2.33. The maximum Gasteiger partial charge on any atom is 0.236 e. The third kappa shape index (κ3) is 6.18. The molecule has 164 valence electrons. The Hall–Kier alpha value is -3.13. The van der Waals surface area contributed by atoms with Crippen LogP contribution in [0.2, 0.25) is 0 Å². The Labute approximate surface area is 181 Å². The maximum absolute atomic E-state index is 13.6. The lowest BCUT2D eigenvalue weighted by molar-refractivity contribution is 0.234. The number of ether oxygens (including phenoxy) is 1. The molecule has 3 rings (SSSR count). The molecule has 8 heteroatoms. The Bertz CT molecular complexity index is 1150. The van der Waals surface area contributed by atoms with Gasteiger partial charge in [0.2, 0.25) is 10.0 Å². The summed E-state index contributed by atoms with van der Waals surface area (Å²) in [7, 11) is -3.77. The first kappa shape index (κ1) is 22.6. The molecular weight excluding hydrogens is 422 g/mol. The van der Waals surface area contributed by atoms with Gasteiger partial charge in [0.15, 0.2) is 0 Å². The zero-order valence-electron chi connectivity index (χ0n) is 17.2. The fraction of sp³-hybridized carbons (Fsp3) is 0.217. The van der Waals surface area contributed by atoms with Crippen LogP contribution in [0.4, 0.5) is 20.2 Å². The smallest absolute Gasteiger partial charge is 0.236 e. The van der Waals surface area contributed by atoms with Crippen molar-refractivity contribution in [1.82, 2.24) is 0 Å². The van der Waals surface area contributed by atoms with Gasteiger partial charge >= 0.3 is 0 Å². The molecule has 0 radical (unpaired) electrons. The molecule has 5 nitrogen and oxygen atoms in total. The molecule has 0 saturated heterocycles. The summed E-state index contributed by atoms with van der Waals surface area (Å²) in [5.74, 6) is -1.35. The van der Waals surface area contributed by atoms with Gasteiger partial charge in [0, 0.05) is 24.1 Å². The van der Waals surface area contributed by atoms with Crippen molar-refractivity contribution in [1.29, 1.82) is 0 Å². The second-order valence-corrected chi connectivity index (χ2v) is 9.05. The second-order valence-electron chi connectivity index (χ2n) is 7.32. The van der Waals surface area contributed by atoms with Crippen LogP contribution in [-0.4, -0.2) is 14.5 Å². The quantitative estimate of drug-likeness (QED) is 0.557. The molecule has 0 fully saturated rings. The van der Waals surface area contributed by atoms with Gasteiger partial charge in [-0.3, -0.25) is 4.72 Å². The van der Waals surface area contributed by atoms with Crippen LogP contribution in [0.1, 0.15) is 30.0 Å². The molecular formula is C23H24F2N2O3S. The van der Waals surface area contributed by atoms with E-state index < -0.39 is 27.8 Å². The van der Waals surface area contributed by atoms with Crippen molar-refractivity contribution in [3.8, 4) is 5.75 Å². The number of aryl methyl sites for hydroxylation is 1. The molecule has 0 spiro atoms.